The minimum Gasteiger partial charge on any atom is -0.380 e. The first-order valence-corrected chi connectivity index (χ1v) is 9.14. The Balaban J connectivity index is 1.62. The first-order valence-electron chi connectivity index (χ1n) is 9.14. The van der Waals surface area contributed by atoms with Crippen LogP contribution in [0.2, 0.25) is 0 Å². The molecule has 1 N–H and O–H groups in total. The van der Waals surface area contributed by atoms with Crippen molar-refractivity contribution >= 4 is 5.95 Å². The van der Waals surface area contributed by atoms with Crippen molar-refractivity contribution < 1.29 is 5.11 Å². The van der Waals surface area contributed by atoms with E-state index in [0.717, 1.165) is 43.0 Å². The molecule has 0 unspecified atom stereocenters. The van der Waals surface area contributed by atoms with Gasteiger partial charge in [-0.2, -0.15) is 0 Å². The molecule has 1 aromatic heterocycles. The first-order chi connectivity index (χ1) is 12.8. The molecule has 0 aliphatic carbocycles. The lowest BCUT2D eigenvalue weighted by Gasteiger charge is -2.42. The monoisotopic (exact) mass is 345 g/mol. The first kappa shape index (κ1) is 16.7. The van der Waals surface area contributed by atoms with Crippen LogP contribution >= 0.6 is 0 Å². The molecule has 4 nitrogen and oxygen atoms in total. The molecule has 2 heterocycles. The minimum atomic E-state index is -0.980. The third-order valence-electron chi connectivity index (χ3n) is 5.35. The maximum atomic E-state index is 11.9. The summed E-state index contributed by atoms with van der Waals surface area (Å²) < 4.78 is 0. The summed E-state index contributed by atoms with van der Waals surface area (Å²) in [6.07, 6.45) is 5.33. The predicted octanol–water partition coefficient (Wildman–Crippen LogP) is 3.63. The van der Waals surface area contributed by atoms with Crippen LogP contribution in [0, 0.1) is 5.92 Å². The fourth-order valence-electron chi connectivity index (χ4n) is 3.97. The molecule has 0 bridgehead atoms. The van der Waals surface area contributed by atoms with E-state index in [0.29, 0.717) is 0 Å². The van der Waals surface area contributed by atoms with Crippen LogP contribution < -0.4 is 4.90 Å². The van der Waals surface area contributed by atoms with E-state index in [-0.39, 0.29) is 5.92 Å². The molecule has 0 saturated carbocycles. The van der Waals surface area contributed by atoms with E-state index in [1.807, 2.05) is 66.7 Å². The normalized spacial score (nSPS) is 15.8. The van der Waals surface area contributed by atoms with Crippen LogP contribution in [-0.2, 0) is 5.60 Å². The van der Waals surface area contributed by atoms with E-state index in [4.69, 9.17) is 0 Å². The Morgan fingerprint density at radius 2 is 1.27 bits per heavy atom. The number of hydrogen-bond acceptors (Lipinski definition) is 4. The lowest BCUT2D eigenvalue weighted by atomic mass is 9.72. The lowest BCUT2D eigenvalue weighted by molar-refractivity contribution is 0.00494. The zero-order valence-corrected chi connectivity index (χ0v) is 14.7. The van der Waals surface area contributed by atoms with Gasteiger partial charge in [0.1, 0.15) is 5.60 Å². The molecule has 0 amide bonds. The van der Waals surface area contributed by atoms with Gasteiger partial charge in [0, 0.05) is 25.5 Å². The highest BCUT2D eigenvalue weighted by molar-refractivity contribution is 5.38. The zero-order valence-electron chi connectivity index (χ0n) is 14.7. The summed E-state index contributed by atoms with van der Waals surface area (Å²) in [7, 11) is 0. The van der Waals surface area contributed by atoms with E-state index in [2.05, 4.69) is 14.9 Å². The Hall–Kier alpha value is -2.72. The third kappa shape index (κ3) is 3.08. The smallest absolute Gasteiger partial charge is 0.225 e. The molecule has 0 radical (unpaired) electrons. The Kier molecular flexibility index (Phi) is 4.67. The van der Waals surface area contributed by atoms with Gasteiger partial charge in [0.2, 0.25) is 5.95 Å². The second-order valence-electron chi connectivity index (χ2n) is 6.81. The molecule has 2 aromatic carbocycles. The van der Waals surface area contributed by atoms with Crippen LogP contribution in [0.4, 0.5) is 5.95 Å². The van der Waals surface area contributed by atoms with Gasteiger partial charge in [0.25, 0.3) is 0 Å². The van der Waals surface area contributed by atoms with Gasteiger partial charge in [-0.3, -0.25) is 0 Å². The summed E-state index contributed by atoms with van der Waals surface area (Å²) in [6, 6.07) is 21.9. The topological polar surface area (TPSA) is 49.2 Å². The highest BCUT2D eigenvalue weighted by Gasteiger charge is 2.41. The summed E-state index contributed by atoms with van der Waals surface area (Å²) in [4.78, 5) is 10.9. The Labute approximate surface area is 154 Å². The van der Waals surface area contributed by atoms with Gasteiger partial charge < -0.3 is 10.0 Å². The molecule has 1 aliphatic rings. The molecular weight excluding hydrogens is 322 g/mol. The van der Waals surface area contributed by atoms with Gasteiger partial charge in [-0.1, -0.05) is 60.7 Å². The fourth-order valence-corrected chi connectivity index (χ4v) is 3.97. The number of aromatic nitrogens is 2. The molecule has 0 atom stereocenters. The molecule has 1 fully saturated rings. The Bertz CT molecular complexity index is 776. The van der Waals surface area contributed by atoms with Gasteiger partial charge >= 0.3 is 0 Å². The predicted molar refractivity (Wildman–Crippen MR) is 103 cm³/mol. The van der Waals surface area contributed by atoms with Crippen LogP contribution in [-0.4, -0.2) is 28.2 Å². The van der Waals surface area contributed by atoms with Crippen LogP contribution in [0.3, 0.4) is 0 Å². The molecule has 26 heavy (non-hydrogen) atoms. The summed E-state index contributed by atoms with van der Waals surface area (Å²) in [6.45, 7) is 1.69. The van der Waals surface area contributed by atoms with Gasteiger partial charge in [0.15, 0.2) is 0 Å². The van der Waals surface area contributed by atoms with Gasteiger partial charge in [0.05, 0.1) is 0 Å². The minimum absolute atomic E-state index is 0.146. The van der Waals surface area contributed by atoms with E-state index in [1.54, 1.807) is 12.4 Å². The Morgan fingerprint density at radius 3 is 1.77 bits per heavy atom. The molecule has 3 aromatic rings. The molecule has 4 heteroatoms. The largest absolute Gasteiger partial charge is 0.380 e. The standard InChI is InChI=1S/C22H23N3O/c26-22(18-8-3-1-4-9-18,19-10-5-2-6-11-19)20-12-16-25(17-13-20)21-23-14-7-15-24-21/h1-11,14-15,20,26H,12-13,16-17H2. The van der Waals surface area contributed by atoms with Crippen LogP contribution in [0.5, 0.6) is 0 Å². The van der Waals surface area contributed by atoms with E-state index in [1.165, 1.54) is 0 Å². The molecular formula is C22H23N3O. The number of piperidine rings is 1. The molecule has 1 aliphatic heterocycles. The van der Waals surface area contributed by atoms with Gasteiger partial charge in [-0.15, -0.1) is 0 Å². The second kappa shape index (κ2) is 7.26. The van der Waals surface area contributed by atoms with Crippen molar-refractivity contribution in [2.24, 2.45) is 5.92 Å². The van der Waals surface area contributed by atoms with Crippen LogP contribution in [0.25, 0.3) is 0 Å². The van der Waals surface area contributed by atoms with Crippen molar-refractivity contribution in [3.8, 4) is 0 Å². The number of rotatable bonds is 4. The van der Waals surface area contributed by atoms with Crippen LogP contribution in [0.15, 0.2) is 79.1 Å². The maximum Gasteiger partial charge on any atom is 0.225 e. The number of aliphatic hydroxyl groups is 1. The maximum absolute atomic E-state index is 11.9. The molecule has 1 saturated heterocycles. The lowest BCUT2D eigenvalue weighted by Crippen LogP contribution is -2.44. The highest BCUT2D eigenvalue weighted by Crippen LogP contribution is 2.42. The quantitative estimate of drug-likeness (QED) is 0.784. The second-order valence-corrected chi connectivity index (χ2v) is 6.81. The van der Waals surface area contributed by atoms with Crippen molar-refractivity contribution in [3.63, 3.8) is 0 Å². The summed E-state index contributed by atoms with van der Waals surface area (Å²) in [5.41, 5.74) is 0.938. The van der Waals surface area contributed by atoms with Gasteiger partial charge in [-0.25, -0.2) is 9.97 Å². The molecule has 4 rings (SSSR count). The number of benzene rings is 2. The zero-order chi connectivity index (χ0) is 17.8. The summed E-state index contributed by atoms with van der Waals surface area (Å²) in [5.74, 6) is 0.918. The third-order valence-corrected chi connectivity index (χ3v) is 5.35. The molecule has 132 valence electrons. The summed E-state index contributed by atoms with van der Waals surface area (Å²) >= 11 is 0. The van der Waals surface area contributed by atoms with Crippen LogP contribution in [0.1, 0.15) is 24.0 Å². The number of hydrogen-bond donors (Lipinski definition) is 1. The van der Waals surface area contributed by atoms with Crippen molar-refractivity contribution in [2.75, 3.05) is 18.0 Å². The molecule has 0 spiro atoms. The number of anilines is 1. The van der Waals surface area contributed by atoms with Crippen molar-refractivity contribution in [3.05, 3.63) is 90.3 Å². The average molecular weight is 345 g/mol. The number of nitrogens with zero attached hydrogens (tertiary/aromatic N) is 3. The summed E-state index contributed by atoms with van der Waals surface area (Å²) in [5, 5.41) is 11.9. The Morgan fingerprint density at radius 1 is 0.769 bits per heavy atom. The van der Waals surface area contributed by atoms with E-state index >= 15 is 0 Å². The van der Waals surface area contributed by atoms with E-state index in [9.17, 15) is 5.11 Å². The van der Waals surface area contributed by atoms with Gasteiger partial charge in [-0.05, 0) is 36.0 Å². The van der Waals surface area contributed by atoms with Crippen molar-refractivity contribution in [1.82, 2.24) is 9.97 Å². The SMILES string of the molecule is OC(c1ccccc1)(c1ccccc1)C1CCN(c2ncccn2)CC1. The fraction of sp³-hybridized carbons (Fsp3) is 0.273. The average Bonchev–Trinajstić information content (AvgIpc) is 2.75. The highest BCUT2D eigenvalue weighted by atomic mass is 16.3. The van der Waals surface area contributed by atoms with Crippen molar-refractivity contribution in [1.29, 1.82) is 0 Å². The van der Waals surface area contributed by atoms with E-state index < -0.39 is 5.60 Å². The van der Waals surface area contributed by atoms with Crippen molar-refractivity contribution in [2.45, 2.75) is 18.4 Å².